The van der Waals surface area contributed by atoms with Gasteiger partial charge in [0, 0.05) is 12.5 Å². The van der Waals surface area contributed by atoms with E-state index in [-0.39, 0.29) is 17.9 Å². The minimum atomic E-state index is 0.0919. The van der Waals surface area contributed by atoms with Crippen LogP contribution in [-0.4, -0.2) is 54.5 Å². The minimum Gasteiger partial charge on any atom is -0.486 e. The SMILES string of the molecule is Cc1cccc(C)c1OC1CN(C(=O)[C@H](C)CN2CCCC2)C1. The molecule has 1 amide bonds. The molecule has 0 aromatic heterocycles. The van der Waals surface area contributed by atoms with Crippen LogP contribution in [0.25, 0.3) is 0 Å². The van der Waals surface area contributed by atoms with Gasteiger partial charge in [0.1, 0.15) is 11.9 Å². The van der Waals surface area contributed by atoms with Crippen molar-refractivity contribution in [3.63, 3.8) is 0 Å². The number of hydrogen-bond donors (Lipinski definition) is 0. The number of amides is 1. The summed E-state index contributed by atoms with van der Waals surface area (Å²) in [5.41, 5.74) is 2.33. The van der Waals surface area contributed by atoms with Gasteiger partial charge in [0.15, 0.2) is 0 Å². The van der Waals surface area contributed by atoms with Gasteiger partial charge in [0.25, 0.3) is 0 Å². The number of para-hydroxylation sites is 1. The lowest BCUT2D eigenvalue weighted by molar-refractivity contribution is -0.144. The Hall–Kier alpha value is -1.55. The third-order valence-corrected chi connectivity index (χ3v) is 5.01. The first-order valence-corrected chi connectivity index (χ1v) is 8.78. The average molecular weight is 316 g/mol. The Morgan fingerprint density at radius 2 is 1.83 bits per heavy atom. The summed E-state index contributed by atoms with van der Waals surface area (Å²) in [7, 11) is 0. The summed E-state index contributed by atoms with van der Waals surface area (Å²) in [4.78, 5) is 16.8. The van der Waals surface area contributed by atoms with Crippen molar-refractivity contribution in [1.82, 2.24) is 9.80 Å². The second-order valence-electron chi connectivity index (χ2n) is 7.11. The molecule has 2 heterocycles. The van der Waals surface area contributed by atoms with Crippen molar-refractivity contribution in [2.75, 3.05) is 32.7 Å². The van der Waals surface area contributed by atoms with E-state index in [4.69, 9.17) is 4.74 Å². The zero-order valence-corrected chi connectivity index (χ0v) is 14.5. The molecule has 0 radical (unpaired) electrons. The minimum absolute atomic E-state index is 0.0919. The van der Waals surface area contributed by atoms with Crippen LogP contribution in [0.5, 0.6) is 5.75 Å². The number of aryl methyl sites for hydroxylation is 2. The number of hydrogen-bond acceptors (Lipinski definition) is 3. The highest BCUT2D eigenvalue weighted by Crippen LogP contribution is 2.26. The van der Waals surface area contributed by atoms with Crippen LogP contribution in [0.2, 0.25) is 0 Å². The highest BCUT2D eigenvalue weighted by Gasteiger charge is 2.35. The van der Waals surface area contributed by atoms with Crippen LogP contribution in [-0.2, 0) is 4.79 Å². The predicted octanol–water partition coefficient (Wildman–Crippen LogP) is 2.62. The Balaban J connectivity index is 1.47. The molecule has 1 atom stereocenters. The average Bonchev–Trinajstić information content (AvgIpc) is 2.97. The lowest BCUT2D eigenvalue weighted by Gasteiger charge is -2.41. The molecule has 2 fully saturated rings. The maximum absolute atomic E-state index is 12.5. The van der Waals surface area contributed by atoms with Gasteiger partial charge in [-0.15, -0.1) is 0 Å². The standard InChI is InChI=1S/C19H28N2O2/c1-14-7-6-8-15(2)18(14)23-17-12-21(13-17)19(22)16(3)11-20-9-4-5-10-20/h6-8,16-17H,4-5,9-13H2,1-3H3/t16-/m1/s1. The molecule has 0 spiro atoms. The molecule has 2 saturated heterocycles. The fourth-order valence-electron chi connectivity index (χ4n) is 3.59. The van der Waals surface area contributed by atoms with Crippen LogP contribution in [0, 0.1) is 19.8 Å². The summed E-state index contributed by atoms with van der Waals surface area (Å²) in [6.07, 6.45) is 2.69. The molecule has 0 unspecified atom stereocenters. The van der Waals surface area contributed by atoms with Gasteiger partial charge in [-0.2, -0.15) is 0 Å². The molecule has 0 N–H and O–H groups in total. The van der Waals surface area contributed by atoms with Crippen molar-refractivity contribution in [2.45, 2.75) is 39.7 Å². The Kier molecular flexibility index (Phi) is 4.90. The van der Waals surface area contributed by atoms with Crippen molar-refractivity contribution in [1.29, 1.82) is 0 Å². The van der Waals surface area contributed by atoms with E-state index in [9.17, 15) is 4.79 Å². The number of likely N-dealkylation sites (tertiary alicyclic amines) is 2. The van der Waals surface area contributed by atoms with Gasteiger partial charge in [0.05, 0.1) is 13.1 Å². The monoisotopic (exact) mass is 316 g/mol. The maximum Gasteiger partial charge on any atom is 0.226 e. The van der Waals surface area contributed by atoms with Crippen molar-refractivity contribution in [3.05, 3.63) is 29.3 Å². The van der Waals surface area contributed by atoms with Gasteiger partial charge in [-0.1, -0.05) is 25.1 Å². The molecular formula is C19H28N2O2. The molecule has 1 aromatic carbocycles. The summed E-state index contributed by atoms with van der Waals surface area (Å²) >= 11 is 0. The van der Waals surface area contributed by atoms with E-state index in [2.05, 4.69) is 37.8 Å². The molecule has 3 rings (SSSR count). The van der Waals surface area contributed by atoms with Crippen LogP contribution in [0.15, 0.2) is 18.2 Å². The van der Waals surface area contributed by atoms with E-state index < -0.39 is 0 Å². The number of nitrogens with zero attached hydrogens (tertiary/aromatic N) is 2. The molecule has 4 heteroatoms. The van der Waals surface area contributed by atoms with Crippen LogP contribution in [0.4, 0.5) is 0 Å². The first kappa shape index (κ1) is 16.3. The number of ether oxygens (including phenoxy) is 1. The Morgan fingerprint density at radius 3 is 2.43 bits per heavy atom. The fraction of sp³-hybridized carbons (Fsp3) is 0.632. The van der Waals surface area contributed by atoms with E-state index in [0.717, 1.165) is 49.6 Å². The molecule has 1 aromatic rings. The smallest absolute Gasteiger partial charge is 0.226 e. The van der Waals surface area contributed by atoms with E-state index in [1.807, 2.05) is 11.0 Å². The highest BCUT2D eigenvalue weighted by molar-refractivity contribution is 5.79. The van der Waals surface area contributed by atoms with E-state index >= 15 is 0 Å². The molecule has 23 heavy (non-hydrogen) atoms. The molecule has 4 nitrogen and oxygen atoms in total. The predicted molar refractivity (Wildman–Crippen MR) is 91.8 cm³/mol. The summed E-state index contributed by atoms with van der Waals surface area (Å²) in [5.74, 6) is 1.35. The van der Waals surface area contributed by atoms with Gasteiger partial charge in [-0.3, -0.25) is 4.79 Å². The van der Waals surface area contributed by atoms with E-state index in [0.29, 0.717) is 0 Å². The van der Waals surface area contributed by atoms with Crippen molar-refractivity contribution in [2.24, 2.45) is 5.92 Å². The lowest BCUT2D eigenvalue weighted by atomic mass is 10.0. The van der Waals surface area contributed by atoms with Crippen LogP contribution >= 0.6 is 0 Å². The Bertz CT molecular complexity index is 540. The normalized spacial score (nSPS) is 20.4. The van der Waals surface area contributed by atoms with Gasteiger partial charge < -0.3 is 14.5 Å². The van der Waals surface area contributed by atoms with E-state index in [1.165, 1.54) is 12.8 Å². The largest absolute Gasteiger partial charge is 0.486 e. The summed E-state index contributed by atoms with van der Waals surface area (Å²) in [6, 6.07) is 6.19. The van der Waals surface area contributed by atoms with Gasteiger partial charge in [-0.25, -0.2) is 0 Å². The van der Waals surface area contributed by atoms with E-state index in [1.54, 1.807) is 0 Å². The second kappa shape index (κ2) is 6.91. The molecule has 0 saturated carbocycles. The summed E-state index contributed by atoms with van der Waals surface area (Å²) in [5, 5.41) is 0. The number of benzene rings is 1. The summed E-state index contributed by atoms with van der Waals surface area (Å²) in [6.45, 7) is 10.8. The number of carbonyl (C=O) groups excluding carboxylic acids is 1. The van der Waals surface area contributed by atoms with Crippen molar-refractivity contribution in [3.8, 4) is 5.75 Å². The summed E-state index contributed by atoms with van der Waals surface area (Å²) < 4.78 is 6.10. The fourth-order valence-corrected chi connectivity index (χ4v) is 3.59. The molecule has 2 aliphatic heterocycles. The zero-order valence-electron chi connectivity index (χ0n) is 14.5. The molecule has 126 valence electrons. The van der Waals surface area contributed by atoms with Crippen LogP contribution in [0.1, 0.15) is 30.9 Å². The third-order valence-electron chi connectivity index (χ3n) is 5.01. The number of rotatable bonds is 5. The molecule has 2 aliphatic rings. The second-order valence-corrected chi connectivity index (χ2v) is 7.11. The van der Waals surface area contributed by atoms with Crippen molar-refractivity contribution < 1.29 is 9.53 Å². The van der Waals surface area contributed by atoms with Gasteiger partial charge >= 0.3 is 0 Å². The van der Waals surface area contributed by atoms with Crippen molar-refractivity contribution >= 4 is 5.91 Å². The highest BCUT2D eigenvalue weighted by atomic mass is 16.5. The Morgan fingerprint density at radius 1 is 1.22 bits per heavy atom. The first-order chi connectivity index (χ1) is 11.0. The lowest BCUT2D eigenvalue weighted by Crippen LogP contribution is -2.58. The molecular weight excluding hydrogens is 288 g/mol. The van der Waals surface area contributed by atoms with Crippen LogP contribution < -0.4 is 4.74 Å². The quantitative estimate of drug-likeness (QED) is 0.837. The molecule has 0 aliphatic carbocycles. The topological polar surface area (TPSA) is 32.8 Å². The third kappa shape index (κ3) is 3.69. The number of carbonyl (C=O) groups is 1. The zero-order chi connectivity index (χ0) is 16.4. The van der Waals surface area contributed by atoms with Gasteiger partial charge in [-0.05, 0) is 50.9 Å². The van der Waals surface area contributed by atoms with Gasteiger partial charge in [0.2, 0.25) is 5.91 Å². The molecule has 0 bridgehead atoms. The Labute approximate surface area is 139 Å². The maximum atomic E-state index is 12.5. The first-order valence-electron chi connectivity index (χ1n) is 8.78. The van der Waals surface area contributed by atoms with Crippen LogP contribution in [0.3, 0.4) is 0 Å².